The monoisotopic (exact) mass is 607 g/mol. The van der Waals surface area contributed by atoms with E-state index in [2.05, 4.69) is 5.32 Å². The molecule has 0 radical (unpaired) electrons. The largest absolute Gasteiger partial charge is 0.354 e. The van der Waals surface area contributed by atoms with Gasteiger partial charge in [-0.1, -0.05) is 85.1 Å². The first kappa shape index (κ1) is 31.4. The Kier molecular flexibility index (Phi) is 11.4. The lowest BCUT2D eigenvalue weighted by Crippen LogP contribution is -2.53. The van der Waals surface area contributed by atoms with Gasteiger partial charge in [0.1, 0.15) is 18.4 Å². The quantitative estimate of drug-likeness (QED) is 0.262. The average Bonchev–Trinajstić information content (AvgIpc) is 2.92. The lowest BCUT2D eigenvalue weighted by molar-refractivity contribution is -0.140. The van der Waals surface area contributed by atoms with Crippen LogP contribution < -0.4 is 9.62 Å². The van der Waals surface area contributed by atoms with Crippen LogP contribution in [0.25, 0.3) is 0 Å². The second kappa shape index (κ2) is 14.5. The maximum absolute atomic E-state index is 14.0. The van der Waals surface area contributed by atoms with Crippen molar-refractivity contribution in [1.29, 1.82) is 0 Å². The molecule has 0 saturated carbocycles. The summed E-state index contributed by atoms with van der Waals surface area (Å²) in [6.45, 7) is 1.73. The van der Waals surface area contributed by atoms with Gasteiger partial charge in [0, 0.05) is 19.5 Å². The summed E-state index contributed by atoms with van der Waals surface area (Å²) in [5, 5.41) is 3.01. The van der Waals surface area contributed by atoms with Crippen LogP contribution in [0, 0.1) is 5.82 Å². The number of carbonyl (C=O) groups is 2. The normalized spacial score (nSPS) is 12.0. The smallest absolute Gasteiger partial charge is 0.244 e. The summed E-state index contributed by atoms with van der Waals surface area (Å²) in [7, 11) is -3.99. The molecule has 0 fully saturated rings. The zero-order valence-electron chi connectivity index (χ0n) is 22.3. The molecular formula is C29H32Cl2FN3O4S. The van der Waals surface area contributed by atoms with E-state index in [0.29, 0.717) is 12.1 Å². The zero-order chi connectivity index (χ0) is 29.3. The minimum Gasteiger partial charge on any atom is -0.354 e. The molecule has 1 N–H and O–H groups in total. The molecule has 0 saturated heterocycles. The molecule has 1 atom stereocenters. The van der Waals surface area contributed by atoms with Crippen molar-refractivity contribution < 1.29 is 22.4 Å². The van der Waals surface area contributed by atoms with Crippen LogP contribution in [0.4, 0.5) is 10.1 Å². The molecular weight excluding hydrogens is 576 g/mol. The minimum atomic E-state index is -3.99. The standard InChI is InChI=1S/C29H32Cl2FN3O4S/c1-3-4-17-33-29(37)26(18-21-9-6-5-7-10-21)34(19-22-13-15-23(32)16-14-22)27(36)20-35(40(2,38)39)25-12-8-11-24(30)28(25)31/h5-16,26H,3-4,17-20H2,1-2H3,(H,33,37)/t26-/m1/s1. The fourth-order valence-electron chi connectivity index (χ4n) is 4.13. The van der Waals surface area contributed by atoms with Crippen molar-refractivity contribution in [2.24, 2.45) is 0 Å². The Morgan fingerprint density at radius 2 is 1.62 bits per heavy atom. The van der Waals surface area contributed by atoms with Gasteiger partial charge in [-0.3, -0.25) is 13.9 Å². The third-order valence-electron chi connectivity index (χ3n) is 6.25. The van der Waals surface area contributed by atoms with Gasteiger partial charge in [-0.2, -0.15) is 0 Å². The highest BCUT2D eigenvalue weighted by atomic mass is 35.5. The third kappa shape index (κ3) is 8.68. The fourth-order valence-corrected chi connectivity index (χ4v) is 5.43. The molecule has 0 bridgehead atoms. The number of unbranched alkanes of at least 4 members (excludes halogenated alkanes) is 1. The fraction of sp³-hybridized carbons (Fsp3) is 0.310. The van der Waals surface area contributed by atoms with Crippen molar-refractivity contribution >= 4 is 50.7 Å². The Labute approximate surface area is 244 Å². The average molecular weight is 609 g/mol. The van der Waals surface area contributed by atoms with Crippen LogP contribution in [0.1, 0.15) is 30.9 Å². The van der Waals surface area contributed by atoms with E-state index in [0.717, 1.165) is 29.0 Å². The number of amides is 2. The Balaban J connectivity index is 2.05. The number of hydrogen-bond donors (Lipinski definition) is 1. The number of sulfonamides is 1. The molecule has 0 heterocycles. The van der Waals surface area contributed by atoms with Crippen molar-refractivity contribution in [3.8, 4) is 0 Å². The Hall–Kier alpha value is -3.14. The maximum atomic E-state index is 14.0. The van der Waals surface area contributed by atoms with Crippen LogP contribution in [0.2, 0.25) is 10.0 Å². The van der Waals surface area contributed by atoms with E-state index >= 15 is 0 Å². The van der Waals surface area contributed by atoms with Crippen LogP contribution in [0.15, 0.2) is 72.8 Å². The number of benzene rings is 3. The number of rotatable bonds is 13. The summed E-state index contributed by atoms with van der Waals surface area (Å²) in [6.07, 6.45) is 2.76. The number of carbonyl (C=O) groups excluding carboxylic acids is 2. The molecule has 214 valence electrons. The van der Waals surface area contributed by atoms with Gasteiger partial charge in [-0.15, -0.1) is 0 Å². The van der Waals surface area contributed by atoms with Gasteiger partial charge in [-0.05, 0) is 41.8 Å². The third-order valence-corrected chi connectivity index (χ3v) is 8.18. The SMILES string of the molecule is CCCCNC(=O)[C@@H](Cc1ccccc1)N(Cc1ccc(F)cc1)C(=O)CN(c1cccc(Cl)c1Cl)S(C)(=O)=O. The summed E-state index contributed by atoms with van der Waals surface area (Å²) in [6, 6.07) is 18.3. The van der Waals surface area contributed by atoms with Crippen molar-refractivity contribution in [3.05, 3.63) is 99.8 Å². The molecule has 2 amide bonds. The molecule has 0 aromatic heterocycles. The van der Waals surface area contributed by atoms with Gasteiger partial charge in [0.05, 0.1) is 22.0 Å². The number of nitrogens with one attached hydrogen (secondary N) is 1. The minimum absolute atomic E-state index is 0.0226. The maximum Gasteiger partial charge on any atom is 0.244 e. The van der Waals surface area contributed by atoms with E-state index in [9.17, 15) is 22.4 Å². The number of hydrogen-bond acceptors (Lipinski definition) is 4. The van der Waals surface area contributed by atoms with Crippen LogP contribution >= 0.6 is 23.2 Å². The van der Waals surface area contributed by atoms with Crippen LogP contribution in [0.5, 0.6) is 0 Å². The highest BCUT2D eigenvalue weighted by Crippen LogP contribution is 2.33. The molecule has 3 aromatic rings. The number of anilines is 1. The second-order valence-electron chi connectivity index (χ2n) is 9.34. The summed E-state index contributed by atoms with van der Waals surface area (Å²) in [5.74, 6) is -1.46. The molecule has 7 nitrogen and oxygen atoms in total. The Morgan fingerprint density at radius 1 is 0.950 bits per heavy atom. The molecule has 3 aromatic carbocycles. The molecule has 0 aliphatic rings. The van der Waals surface area contributed by atoms with Gasteiger partial charge < -0.3 is 10.2 Å². The molecule has 0 unspecified atom stereocenters. The first-order valence-corrected chi connectivity index (χ1v) is 15.4. The topological polar surface area (TPSA) is 86.8 Å². The Bertz CT molecular complexity index is 1410. The van der Waals surface area contributed by atoms with Crippen molar-refractivity contribution in [3.63, 3.8) is 0 Å². The van der Waals surface area contributed by atoms with Crippen LogP contribution in [-0.2, 0) is 32.6 Å². The van der Waals surface area contributed by atoms with Crippen molar-refractivity contribution in [2.75, 3.05) is 23.7 Å². The highest BCUT2D eigenvalue weighted by Gasteiger charge is 2.33. The molecule has 3 rings (SSSR count). The molecule has 0 spiro atoms. The van der Waals surface area contributed by atoms with E-state index in [1.54, 1.807) is 0 Å². The predicted molar refractivity (Wildman–Crippen MR) is 157 cm³/mol. The zero-order valence-corrected chi connectivity index (χ0v) is 24.6. The lowest BCUT2D eigenvalue weighted by atomic mass is 10.0. The van der Waals surface area contributed by atoms with E-state index in [4.69, 9.17) is 23.2 Å². The number of nitrogens with zero attached hydrogens (tertiary/aromatic N) is 2. The van der Waals surface area contributed by atoms with Gasteiger partial charge in [-0.25, -0.2) is 12.8 Å². The molecule has 0 aliphatic heterocycles. The van der Waals surface area contributed by atoms with Crippen LogP contribution in [-0.4, -0.2) is 50.5 Å². The molecule has 0 aliphatic carbocycles. The van der Waals surface area contributed by atoms with E-state index < -0.39 is 34.3 Å². The van der Waals surface area contributed by atoms with Gasteiger partial charge in [0.2, 0.25) is 21.8 Å². The molecule has 40 heavy (non-hydrogen) atoms. The van der Waals surface area contributed by atoms with E-state index in [-0.39, 0.29) is 34.6 Å². The summed E-state index contributed by atoms with van der Waals surface area (Å²) in [5.41, 5.74) is 1.42. The highest BCUT2D eigenvalue weighted by molar-refractivity contribution is 7.92. The second-order valence-corrected chi connectivity index (χ2v) is 12.0. The predicted octanol–water partition coefficient (Wildman–Crippen LogP) is 5.45. The number of halogens is 3. The molecule has 11 heteroatoms. The van der Waals surface area contributed by atoms with Gasteiger partial charge in [0.25, 0.3) is 0 Å². The first-order chi connectivity index (χ1) is 19.0. The van der Waals surface area contributed by atoms with Gasteiger partial charge >= 0.3 is 0 Å². The van der Waals surface area contributed by atoms with E-state index in [1.165, 1.54) is 47.4 Å². The van der Waals surface area contributed by atoms with Crippen molar-refractivity contribution in [2.45, 2.75) is 38.8 Å². The Morgan fingerprint density at radius 3 is 2.25 bits per heavy atom. The first-order valence-electron chi connectivity index (χ1n) is 12.8. The summed E-state index contributed by atoms with van der Waals surface area (Å²) >= 11 is 12.5. The van der Waals surface area contributed by atoms with Crippen molar-refractivity contribution in [1.82, 2.24) is 10.2 Å². The summed E-state index contributed by atoms with van der Waals surface area (Å²) < 4.78 is 40.2. The van der Waals surface area contributed by atoms with Gasteiger partial charge in [0.15, 0.2) is 0 Å². The van der Waals surface area contributed by atoms with E-state index in [1.807, 2.05) is 37.3 Å². The summed E-state index contributed by atoms with van der Waals surface area (Å²) in [4.78, 5) is 28.9. The van der Waals surface area contributed by atoms with Crippen LogP contribution in [0.3, 0.4) is 0 Å². The lowest BCUT2D eigenvalue weighted by Gasteiger charge is -2.33.